The normalized spacial score (nSPS) is 14.6. The molecule has 0 radical (unpaired) electrons. The van der Waals surface area contributed by atoms with Crippen LogP contribution in [0.4, 0.5) is 22.2 Å². The molecule has 3 N–H and O–H groups in total. The minimum atomic E-state index is 0.352. The van der Waals surface area contributed by atoms with Crippen LogP contribution in [0.25, 0.3) is 10.9 Å². The molecular weight excluding hydrogens is 419 g/mol. The third-order valence-electron chi connectivity index (χ3n) is 5.24. The number of benzene rings is 1. The molecule has 0 unspecified atom stereocenters. The maximum absolute atomic E-state index is 12.1. The fourth-order valence-corrected chi connectivity index (χ4v) is 3.57. The lowest BCUT2D eigenvalue weighted by molar-refractivity contribution is 0.568. The number of halogens is 1. The molecule has 3 aromatic rings. The van der Waals surface area contributed by atoms with Gasteiger partial charge in [-0.3, -0.25) is 0 Å². The molecule has 33 heavy (non-hydrogen) atoms. The Hall–Kier alpha value is -4.01. The van der Waals surface area contributed by atoms with E-state index in [1.807, 2.05) is 30.5 Å². The van der Waals surface area contributed by atoms with Crippen molar-refractivity contribution < 1.29 is 4.39 Å². The molecule has 3 heterocycles. The van der Waals surface area contributed by atoms with Crippen LogP contribution in [0.2, 0.25) is 0 Å². The Morgan fingerprint density at radius 2 is 1.94 bits per heavy atom. The van der Waals surface area contributed by atoms with Crippen LogP contribution in [0, 0.1) is 0 Å². The summed E-state index contributed by atoms with van der Waals surface area (Å²) in [4.78, 5) is 19.0. The Labute approximate surface area is 192 Å². The second-order valence-corrected chi connectivity index (χ2v) is 7.68. The van der Waals surface area contributed by atoms with Gasteiger partial charge in [-0.05, 0) is 37.0 Å². The van der Waals surface area contributed by atoms with E-state index in [4.69, 9.17) is 0 Å². The number of nitrogens with one attached hydrogen (secondary N) is 3. The Balaban J connectivity index is 1.50. The van der Waals surface area contributed by atoms with Gasteiger partial charge in [0.05, 0.1) is 12.5 Å². The van der Waals surface area contributed by atoms with Gasteiger partial charge in [-0.15, -0.1) is 0 Å². The molecule has 0 spiro atoms. The molecule has 0 bridgehead atoms. The van der Waals surface area contributed by atoms with Crippen LogP contribution >= 0.6 is 0 Å². The maximum atomic E-state index is 12.1. The van der Waals surface area contributed by atoms with E-state index in [0.717, 1.165) is 48.0 Å². The molecule has 2 aromatic heterocycles. The Kier molecular flexibility index (Phi) is 7.42. The molecule has 0 saturated carbocycles. The van der Waals surface area contributed by atoms with E-state index in [2.05, 4.69) is 47.3 Å². The standard InChI is InChI=1S/C24H27FN8/c1-18(9-5-6-12-25)15-27-22-29-23(31-24(30-22)33-13-7-2-8-14-33)32-28-17-19-16-26-21-11-4-3-10-20(19)21/h3-6,9-12,16-17,26H,1-2,7-8,13-15H2,(H2,27,29,30,31,32)/b9-5-,12-6+,28-17+. The number of hydrogen-bond donors (Lipinski definition) is 3. The van der Waals surface area contributed by atoms with Crippen molar-refractivity contribution in [2.45, 2.75) is 19.3 Å². The molecule has 1 aliphatic heterocycles. The van der Waals surface area contributed by atoms with Crippen molar-refractivity contribution in [1.29, 1.82) is 0 Å². The second-order valence-electron chi connectivity index (χ2n) is 7.68. The summed E-state index contributed by atoms with van der Waals surface area (Å²) in [6.45, 7) is 6.18. The summed E-state index contributed by atoms with van der Waals surface area (Å²) in [7, 11) is 0. The molecule has 1 aromatic carbocycles. The Bertz CT molecular complexity index is 1170. The Morgan fingerprint density at radius 3 is 2.79 bits per heavy atom. The van der Waals surface area contributed by atoms with Gasteiger partial charge in [0.15, 0.2) is 0 Å². The summed E-state index contributed by atoms with van der Waals surface area (Å²) in [5.74, 6) is 1.38. The fourth-order valence-electron chi connectivity index (χ4n) is 3.57. The molecule has 1 saturated heterocycles. The van der Waals surface area contributed by atoms with E-state index >= 15 is 0 Å². The first-order chi connectivity index (χ1) is 16.2. The van der Waals surface area contributed by atoms with Gasteiger partial charge in [0.25, 0.3) is 0 Å². The number of aromatic nitrogens is 4. The van der Waals surface area contributed by atoms with Gasteiger partial charge in [0.1, 0.15) is 0 Å². The zero-order valence-corrected chi connectivity index (χ0v) is 18.3. The van der Waals surface area contributed by atoms with E-state index in [0.29, 0.717) is 30.7 Å². The van der Waals surface area contributed by atoms with Gasteiger partial charge in [-0.1, -0.05) is 36.9 Å². The van der Waals surface area contributed by atoms with Gasteiger partial charge in [0.2, 0.25) is 17.8 Å². The minimum absolute atomic E-state index is 0.352. The molecule has 1 aliphatic rings. The summed E-state index contributed by atoms with van der Waals surface area (Å²) in [5.41, 5.74) is 5.72. The van der Waals surface area contributed by atoms with Crippen LogP contribution in [0.1, 0.15) is 24.8 Å². The van der Waals surface area contributed by atoms with E-state index in [9.17, 15) is 4.39 Å². The van der Waals surface area contributed by atoms with Crippen molar-refractivity contribution in [2.75, 3.05) is 35.3 Å². The van der Waals surface area contributed by atoms with Crippen molar-refractivity contribution in [1.82, 2.24) is 19.9 Å². The largest absolute Gasteiger partial charge is 0.361 e. The number of piperidine rings is 1. The van der Waals surface area contributed by atoms with Crippen molar-refractivity contribution >= 4 is 35.0 Å². The lowest BCUT2D eigenvalue weighted by Crippen LogP contribution is -2.31. The number of hydrogen-bond acceptors (Lipinski definition) is 7. The molecule has 0 atom stereocenters. The molecule has 0 amide bonds. The van der Waals surface area contributed by atoms with Crippen LogP contribution < -0.4 is 15.6 Å². The third-order valence-corrected chi connectivity index (χ3v) is 5.24. The SMILES string of the molecule is C=C(/C=C\C=C\F)CNc1nc(N/N=C/c2c[nH]c3ccccc23)nc(N2CCCCC2)n1. The zero-order valence-electron chi connectivity index (χ0n) is 18.3. The first-order valence-electron chi connectivity index (χ1n) is 10.9. The lowest BCUT2D eigenvalue weighted by Gasteiger charge is -2.26. The Morgan fingerprint density at radius 1 is 1.12 bits per heavy atom. The maximum Gasteiger partial charge on any atom is 0.250 e. The number of rotatable bonds is 9. The minimum Gasteiger partial charge on any atom is -0.361 e. The van der Waals surface area contributed by atoms with Crippen LogP contribution in [-0.2, 0) is 0 Å². The van der Waals surface area contributed by atoms with Gasteiger partial charge in [-0.25, -0.2) is 9.82 Å². The van der Waals surface area contributed by atoms with E-state index in [1.54, 1.807) is 18.4 Å². The highest BCUT2D eigenvalue weighted by atomic mass is 19.1. The molecule has 0 aliphatic carbocycles. The summed E-state index contributed by atoms with van der Waals surface area (Å²) in [5, 5.41) is 8.59. The van der Waals surface area contributed by atoms with Crippen LogP contribution in [-0.4, -0.2) is 45.8 Å². The van der Waals surface area contributed by atoms with Gasteiger partial charge < -0.3 is 15.2 Å². The van der Waals surface area contributed by atoms with Crippen LogP contribution in [0.5, 0.6) is 0 Å². The topological polar surface area (TPSA) is 94.1 Å². The summed E-state index contributed by atoms with van der Waals surface area (Å²) >= 11 is 0. The van der Waals surface area contributed by atoms with Crippen molar-refractivity contribution in [3.8, 4) is 0 Å². The number of anilines is 3. The number of fused-ring (bicyclic) bond motifs is 1. The molecule has 1 fully saturated rings. The average molecular weight is 447 g/mol. The average Bonchev–Trinajstić information content (AvgIpc) is 3.26. The van der Waals surface area contributed by atoms with Crippen LogP contribution in [0.15, 0.2) is 72.3 Å². The van der Waals surface area contributed by atoms with Crippen molar-refractivity contribution in [3.05, 3.63) is 72.7 Å². The van der Waals surface area contributed by atoms with E-state index < -0.39 is 0 Å². The molecule has 4 rings (SSSR count). The number of aromatic amines is 1. The first-order valence-corrected chi connectivity index (χ1v) is 10.9. The summed E-state index contributed by atoms with van der Waals surface area (Å²) in [6.07, 6.45) is 12.2. The van der Waals surface area contributed by atoms with Crippen LogP contribution in [0.3, 0.4) is 0 Å². The predicted molar refractivity (Wildman–Crippen MR) is 132 cm³/mol. The zero-order chi connectivity index (χ0) is 22.9. The highest BCUT2D eigenvalue weighted by Crippen LogP contribution is 2.19. The predicted octanol–water partition coefficient (Wildman–Crippen LogP) is 4.80. The fraction of sp³-hybridized carbons (Fsp3) is 0.250. The molecule has 8 nitrogen and oxygen atoms in total. The quantitative estimate of drug-likeness (QED) is 0.248. The number of hydrazone groups is 1. The highest BCUT2D eigenvalue weighted by Gasteiger charge is 2.16. The van der Waals surface area contributed by atoms with Gasteiger partial charge >= 0.3 is 0 Å². The first kappa shape index (κ1) is 22.2. The van der Waals surface area contributed by atoms with Crippen molar-refractivity contribution in [2.24, 2.45) is 5.10 Å². The lowest BCUT2D eigenvalue weighted by atomic mass is 10.1. The summed E-state index contributed by atoms with van der Waals surface area (Å²) in [6, 6.07) is 8.04. The van der Waals surface area contributed by atoms with Gasteiger partial charge in [0, 0.05) is 42.3 Å². The van der Waals surface area contributed by atoms with E-state index in [-0.39, 0.29) is 0 Å². The number of nitrogens with zero attached hydrogens (tertiary/aromatic N) is 5. The van der Waals surface area contributed by atoms with Gasteiger partial charge in [-0.2, -0.15) is 20.1 Å². The molecule has 170 valence electrons. The molecular formula is C24H27FN8. The number of para-hydroxylation sites is 1. The highest BCUT2D eigenvalue weighted by molar-refractivity contribution is 5.99. The smallest absolute Gasteiger partial charge is 0.250 e. The van der Waals surface area contributed by atoms with E-state index in [1.165, 1.54) is 12.5 Å². The third kappa shape index (κ3) is 6.03. The molecule has 9 heteroatoms. The monoisotopic (exact) mass is 446 g/mol. The summed E-state index contributed by atoms with van der Waals surface area (Å²) < 4.78 is 12.1. The number of allylic oxidation sites excluding steroid dienone is 2. The number of H-pyrrole nitrogens is 1. The second kappa shape index (κ2) is 11.0. The van der Waals surface area contributed by atoms with Crippen molar-refractivity contribution in [3.63, 3.8) is 0 Å².